The third kappa shape index (κ3) is 21.6. The van der Waals surface area contributed by atoms with Crippen molar-refractivity contribution in [3.63, 3.8) is 0 Å². The summed E-state index contributed by atoms with van der Waals surface area (Å²) >= 11 is 9.17. The maximum absolute atomic E-state index is 15.3. The standard InChI is InChI=1S/C52H33FN4.C22H14ClFN2.C18H14BFO2.C18H12BrF.C12H11BO2/c53-41-30-39(36-21-19-35(20-22-36)34-11-3-1-4-12-34)29-40(31-41)47-27-28-54-52(55-47)57-49-18-10-8-16-44(49)46-33-38(24-26-51(46)57)37-23-25-50-45(32-37)43-15-7-9-17-48(43)56(50)42-13-5-2-6-14-42;23-22-25-11-10-21(26-22)19-12-18(13-20(24)14-19)17-8-6-16(7-9-17)15-4-2-1-3-5-15;20-18-11-16(10-17(12-18)19(21)22)15-8-6-14(7-9-15)13-4-2-1-3-5-13;19-17-10-16(11-18(20)12-17)15-8-6-14(7-9-15)13-4-2-1-3-5-13;14-13(15)12-8-6-11(7-9-12)10-4-2-1-3-5-10/h1-33H;1-14H;1-12,21-22H;1-12H;1-9,14-15H. The lowest BCUT2D eigenvalue weighted by Gasteiger charge is -2.10. The minimum atomic E-state index is -1.68. The first kappa shape index (κ1) is 92.5. The molecular weight excluding hydrogens is 1830 g/mol. The second kappa shape index (κ2) is 42.8. The van der Waals surface area contributed by atoms with E-state index in [9.17, 15) is 23.2 Å². The molecule has 4 heterocycles. The van der Waals surface area contributed by atoms with Crippen molar-refractivity contribution in [2.24, 2.45) is 0 Å². The Morgan fingerprint density at radius 1 is 0.221 bits per heavy atom. The Labute approximate surface area is 821 Å². The fraction of sp³-hybridized carbons (Fsp3) is 0. The van der Waals surface area contributed by atoms with Gasteiger partial charge in [0.15, 0.2) is 0 Å². The highest BCUT2D eigenvalue weighted by atomic mass is 79.9. The number of nitrogens with zero attached hydrogens (tertiary/aromatic N) is 6. The Balaban J connectivity index is 0.000000125. The van der Waals surface area contributed by atoms with Crippen LogP contribution in [0.25, 0.3) is 189 Å². The summed E-state index contributed by atoms with van der Waals surface area (Å²) in [6.45, 7) is 0. The van der Waals surface area contributed by atoms with E-state index < -0.39 is 20.1 Å². The Bertz CT molecular complexity index is 8260. The monoisotopic (exact) mass is 1910 g/mol. The van der Waals surface area contributed by atoms with Crippen LogP contribution in [-0.2, 0) is 0 Å². The summed E-state index contributed by atoms with van der Waals surface area (Å²) in [6, 6.07) is 153. The molecule has 0 atom stereocenters. The summed E-state index contributed by atoms with van der Waals surface area (Å²) in [7, 11) is -3.08. The molecule has 0 fully saturated rings. The summed E-state index contributed by atoms with van der Waals surface area (Å²) in [4.78, 5) is 17.9. The van der Waals surface area contributed by atoms with E-state index in [-0.39, 0.29) is 28.2 Å². The van der Waals surface area contributed by atoms with Crippen LogP contribution >= 0.6 is 27.5 Å². The minimum Gasteiger partial charge on any atom is -0.423 e. The van der Waals surface area contributed by atoms with Crippen LogP contribution in [0.4, 0.5) is 17.6 Å². The van der Waals surface area contributed by atoms with Gasteiger partial charge in [0.25, 0.3) is 0 Å². The van der Waals surface area contributed by atoms with Gasteiger partial charge < -0.3 is 24.7 Å². The number of para-hydroxylation sites is 3. The maximum atomic E-state index is 15.3. The van der Waals surface area contributed by atoms with E-state index in [2.05, 4.69) is 205 Å². The number of aromatic nitrogens is 6. The zero-order chi connectivity index (χ0) is 96.0. The second-order valence-electron chi connectivity index (χ2n) is 33.4. The first-order chi connectivity index (χ1) is 68.5. The molecule has 23 rings (SSSR count). The van der Waals surface area contributed by atoms with Crippen LogP contribution in [0.3, 0.4) is 0 Å². The zero-order valence-electron chi connectivity index (χ0n) is 75.1. The molecule has 4 aromatic heterocycles. The van der Waals surface area contributed by atoms with Gasteiger partial charge in [0.05, 0.1) is 33.5 Å². The van der Waals surface area contributed by atoms with Crippen molar-refractivity contribution in [2.45, 2.75) is 0 Å². The largest absolute Gasteiger partial charge is 0.488 e. The third-order valence-electron chi connectivity index (χ3n) is 24.2. The molecule has 0 radical (unpaired) electrons. The molecule has 0 spiro atoms. The van der Waals surface area contributed by atoms with Crippen molar-refractivity contribution in [3.05, 3.63) is 519 Å². The lowest BCUT2D eigenvalue weighted by molar-refractivity contribution is 0.424. The van der Waals surface area contributed by atoms with Crippen molar-refractivity contribution in [2.75, 3.05) is 0 Å². The van der Waals surface area contributed by atoms with E-state index in [0.29, 0.717) is 39.5 Å². The van der Waals surface area contributed by atoms with E-state index in [4.69, 9.17) is 31.6 Å². The predicted octanol–water partition coefficient (Wildman–Crippen LogP) is 29.5. The summed E-state index contributed by atoms with van der Waals surface area (Å²) in [6.07, 6.45) is 3.32. The van der Waals surface area contributed by atoms with Crippen LogP contribution in [0.2, 0.25) is 5.28 Å². The minimum absolute atomic E-state index is 0.139. The average molecular weight is 1910 g/mol. The highest BCUT2D eigenvalue weighted by molar-refractivity contribution is 9.10. The number of rotatable bonds is 16. The van der Waals surface area contributed by atoms with Gasteiger partial charge in [-0.15, -0.1) is 0 Å². The number of benzene rings is 19. The third-order valence-corrected chi connectivity index (χ3v) is 24.9. The molecule has 4 N–H and O–H groups in total. The molecule has 10 nitrogen and oxygen atoms in total. The van der Waals surface area contributed by atoms with Gasteiger partial charge in [0, 0.05) is 55.2 Å². The van der Waals surface area contributed by atoms with Gasteiger partial charge in [-0.3, -0.25) is 4.57 Å². The molecule has 0 aliphatic rings. The van der Waals surface area contributed by atoms with Crippen LogP contribution in [-0.4, -0.2) is 63.4 Å². The summed E-state index contributed by atoms with van der Waals surface area (Å²) in [5.41, 5.74) is 29.0. The smallest absolute Gasteiger partial charge is 0.423 e. The number of hydrogen-bond donors (Lipinski definition) is 4. The van der Waals surface area contributed by atoms with Crippen molar-refractivity contribution < 1.29 is 37.7 Å². The highest BCUT2D eigenvalue weighted by Gasteiger charge is 2.21. The molecule has 23 aromatic rings. The molecule has 140 heavy (non-hydrogen) atoms. The maximum Gasteiger partial charge on any atom is 0.488 e. The number of fused-ring (bicyclic) bond motifs is 6. The molecule has 674 valence electrons. The summed E-state index contributed by atoms with van der Waals surface area (Å²) < 4.78 is 61.7. The van der Waals surface area contributed by atoms with Crippen molar-refractivity contribution in [1.82, 2.24) is 29.1 Å². The van der Waals surface area contributed by atoms with Gasteiger partial charge in [-0.25, -0.2) is 37.5 Å². The summed E-state index contributed by atoms with van der Waals surface area (Å²) in [5.74, 6) is -0.838. The average Bonchev–Trinajstić information content (AvgIpc) is 1.58. The quantitative estimate of drug-likeness (QED) is 0.0426. The van der Waals surface area contributed by atoms with Crippen molar-refractivity contribution >= 4 is 96.3 Å². The van der Waals surface area contributed by atoms with Gasteiger partial charge in [-0.2, -0.15) is 0 Å². The lowest BCUT2D eigenvalue weighted by Crippen LogP contribution is -2.30. The fourth-order valence-electron chi connectivity index (χ4n) is 17.4. The number of halogens is 6. The molecule has 19 aromatic carbocycles. The van der Waals surface area contributed by atoms with Gasteiger partial charge in [0.2, 0.25) is 11.2 Å². The van der Waals surface area contributed by atoms with E-state index in [1.165, 1.54) is 51.6 Å². The van der Waals surface area contributed by atoms with Crippen LogP contribution in [0, 0.1) is 23.3 Å². The number of hydrogen-bond acceptors (Lipinski definition) is 8. The summed E-state index contributed by atoms with van der Waals surface area (Å²) in [5, 5.41) is 41.1. The zero-order valence-corrected chi connectivity index (χ0v) is 77.4. The highest BCUT2D eigenvalue weighted by Crippen LogP contribution is 2.41. The second-order valence-corrected chi connectivity index (χ2v) is 34.6. The molecule has 18 heteroatoms. The molecular formula is C122H84B2BrClF4N6O4. The fourth-order valence-corrected chi connectivity index (χ4v) is 18.0. The molecule has 0 aliphatic carbocycles. The first-order valence-electron chi connectivity index (χ1n) is 45.3. The molecule has 0 bridgehead atoms. The first-order valence-corrected chi connectivity index (χ1v) is 46.5. The Hall–Kier alpha value is -16.6. The SMILES string of the molecule is Fc1cc(-c2ccc(-c3ccccc3)cc2)cc(-c2ccnc(-n3c4ccccc4c4cc(-c5ccc6c(c5)c5ccccc5n6-c5ccccc5)ccc43)n2)c1.Fc1cc(-c2ccc(-c3ccccc3)cc2)cc(-c2ccnc(Cl)n2)c1.Fc1cc(Br)cc(-c2ccc(-c3ccccc3)cc2)c1.OB(O)c1cc(F)cc(-c2ccc(-c3ccccc3)cc2)c1.OB(O)c1ccc(-c2ccccc2)cc1. The van der Waals surface area contributed by atoms with E-state index in [0.717, 1.165) is 138 Å². The van der Waals surface area contributed by atoms with Gasteiger partial charge >= 0.3 is 14.2 Å². The van der Waals surface area contributed by atoms with E-state index in [1.54, 1.807) is 54.9 Å². The lowest BCUT2D eigenvalue weighted by atomic mass is 9.79. The molecule has 0 amide bonds. The Kier molecular flexibility index (Phi) is 28.2. The van der Waals surface area contributed by atoms with Crippen molar-refractivity contribution in [1.29, 1.82) is 0 Å². The van der Waals surface area contributed by atoms with Gasteiger partial charge in [-0.05, 0) is 261 Å². The van der Waals surface area contributed by atoms with Crippen LogP contribution in [0.1, 0.15) is 0 Å². The molecule has 0 saturated carbocycles. The topological polar surface area (TPSA) is 142 Å². The Morgan fingerprint density at radius 2 is 0.507 bits per heavy atom. The molecule has 0 saturated heterocycles. The van der Waals surface area contributed by atoms with Crippen LogP contribution in [0.5, 0.6) is 0 Å². The Morgan fingerprint density at radius 3 is 0.893 bits per heavy atom. The normalized spacial score (nSPS) is 10.9. The van der Waals surface area contributed by atoms with Crippen LogP contribution < -0.4 is 10.9 Å². The van der Waals surface area contributed by atoms with Crippen molar-refractivity contribution in [3.8, 4) is 145 Å². The molecule has 0 aliphatic heterocycles. The van der Waals surface area contributed by atoms with Gasteiger partial charge in [0.1, 0.15) is 23.3 Å². The van der Waals surface area contributed by atoms with E-state index in [1.807, 2.05) is 231 Å². The molecule has 0 unspecified atom stereocenters. The van der Waals surface area contributed by atoms with Crippen LogP contribution in [0.15, 0.2) is 490 Å². The van der Waals surface area contributed by atoms with E-state index >= 15 is 4.39 Å². The van der Waals surface area contributed by atoms with Gasteiger partial charge in [-0.1, -0.05) is 362 Å². The predicted molar refractivity (Wildman–Crippen MR) is 569 cm³/mol.